The molecule has 0 aliphatic rings. The van der Waals surface area contributed by atoms with Gasteiger partial charge in [-0.3, -0.25) is 4.79 Å². The summed E-state index contributed by atoms with van der Waals surface area (Å²) in [6.45, 7) is 8.92. The summed E-state index contributed by atoms with van der Waals surface area (Å²) < 4.78 is 15.6. The number of aliphatic hydroxyl groups excluding tert-OH is 1. The molecule has 0 atom stereocenters. The van der Waals surface area contributed by atoms with E-state index in [0.717, 1.165) is 0 Å². The number of ether oxygens (including phenoxy) is 3. The molecule has 0 fully saturated rings. The zero-order valence-electron chi connectivity index (χ0n) is 12.2. The van der Waals surface area contributed by atoms with Crippen molar-refractivity contribution >= 4 is 5.91 Å². The van der Waals surface area contributed by atoms with E-state index in [2.05, 4.69) is 5.32 Å². The minimum absolute atomic E-state index is 0.0217. The number of amides is 1. The highest BCUT2D eigenvalue weighted by Crippen LogP contribution is 2.11. The topological polar surface area (TPSA) is 77.0 Å². The van der Waals surface area contributed by atoms with Crippen molar-refractivity contribution < 1.29 is 24.1 Å². The lowest BCUT2D eigenvalue weighted by atomic mass is 9.96. The van der Waals surface area contributed by atoms with E-state index in [1.807, 2.05) is 20.8 Å². The van der Waals surface area contributed by atoms with E-state index in [1.54, 1.807) is 0 Å². The molecule has 0 aromatic rings. The van der Waals surface area contributed by atoms with Crippen molar-refractivity contribution in [1.29, 1.82) is 0 Å². The quantitative estimate of drug-likeness (QED) is 0.527. The fraction of sp³-hybridized carbons (Fsp3) is 0.923. The molecular weight excluding hydrogens is 250 g/mol. The maximum Gasteiger partial charge on any atom is 0.225 e. The van der Waals surface area contributed by atoms with Crippen LogP contribution >= 0.6 is 0 Å². The molecule has 6 heteroatoms. The number of aliphatic hydroxyl groups is 1. The van der Waals surface area contributed by atoms with E-state index >= 15 is 0 Å². The van der Waals surface area contributed by atoms with Crippen LogP contribution in [0.25, 0.3) is 0 Å². The first-order valence-corrected chi connectivity index (χ1v) is 6.61. The Hall–Kier alpha value is -0.690. The predicted octanol–water partition coefficient (Wildman–Crippen LogP) is 0.191. The van der Waals surface area contributed by atoms with Crippen molar-refractivity contribution in [2.75, 3.05) is 52.8 Å². The van der Waals surface area contributed by atoms with Crippen molar-refractivity contribution in [2.45, 2.75) is 20.8 Å². The van der Waals surface area contributed by atoms with Crippen LogP contribution in [0.15, 0.2) is 0 Å². The molecule has 19 heavy (non-hydrogen) atoms. The average Bonchev–Trinajstić information content (AvgIpc) is 2.34. The Kier molecular flexibility index (Phi) is 10.8. The summed E-state index contributed by atoms with van der Waals surface area (Å²) >= 11 is 0. The van der Waals surface area contributed by atoms with Gasteiger partial charge in [-0.15, -0.1) is 0 Å². The lowest BCUT2D eigenvalue weighted by molar-refractivity contribution is -0.128. The molecule has 114 valence electrons. The molecule has 0 radical (unpaired) electrons. The van der Waals surface area contributed by atoms with Gasteiger partial charge in [0.1, 0.15) is 0 Å². The summed E-state index contributed by atoms with van der Waals surface area (Å²) in [5.41, 5.74) is -0.363. The maximum atomic E-state index is 11.5. The Balaban J connectivity index is 3.17. The summed E-state index contributed by atoms with van der Waals surface area (Å²) in [6, 6.07) is 0. The second-order valence-electron chi connectivity index (χ2n) is 5.07. The van der Waals surface area contributed by atoms with E-state index in [9.17, 15) is 4.79 Å². The highest BCUT2D eigenvalue weighted by molar-refractivity contribution is 5.81. The number of hydrogen-bond donors (Lipinski definition) is 2. The van der Waals surface area contributed by atoms with Crippen molar-refractivity contribution in [1.82, 2.24) is 5.32 Å². The normalized spacial score (nSPS) is 11.6. The highest BCUT2D eigenvalue weighted by Gasteiger charge is 2.20. The number of hydrogen-bond acceptors (Lipinski definition) is 5. The molecule has 0 spiro atoms. The first-order valence-electron chi connectivity index (χ1n) is 6.61. The molecule has 2 N–H and O–H groups in total. The van der Waals surface area contributed by atoms with Crippen LogP contribution in [-0.4, -0.2) is 63.8 Å². The molecule has 0 saturated carbocycles. The minimum Gasteiger partial charge on any atom is -0.394 e. The standard InChI is InChI=1S/C13H27NO5/c1-13(2,3)12(16)14-4-6-17-8-10-19-11-9-18-7-5-15/h15H,4-11H2,1-3H3,(H,14,16). The molecule has 0 aromatic heterocycles. The fourth-order valence-corrected chi connectivity index (χ4v) is 1.11. The van der Waals surface area contributed by atoms with Crippen molar-refractivity contribution in [3.63, 3.8) is 0 Å². The molecular formula is C13H27NO5. The summed E-state index contributed by atoms with van der Waals surface area (Å²) in [4.78, 5) is 11.5. The van der Waals surface area contributed by atoms with Crippen LogP contribution in [0, 0.1) is 5.41 Å². The molecule has 0 heterocycles. The van der Waals surface area contributed by atoms with Crippen molar-refractivity contribution in [3.05, 3.63) is 0 Å². The number of nitrogens with one attached hydrogen (secondary N) is 1. The lowest BCUT2D eigenvalue weighted by Crippen LogP contribution is -2.36. The Morgan fingerprint density at radius 1 is 0.947 bits per heavy atom. The monoisotopic (exact) mass is 277 g/mol. The first kappa shape index (κ1) is 18.3. The summed E-state index contributed by atoms with van der Waals surface area (Å²) in [5.74, 6) is 0.0217. The number of carbonyl (C=O) groups is 1. The third-order valence-corrected chi connectivity index (χ3v) is 2.19. The van der Waals surface area contributed by atoms with Crippen molar-refractivity contribution in [2.24, 2.45) is 5.41 Å². The Bertz CT molecular complexity index is 228. The molecule has 1 amide bonds. The van der Waals surface area contributed by atoms with Gasteiger partial charge in [0.05, 0.1) is 46.2 Å². The molecule has 6 nitrogen and oxygen atoms in total. The second-order valence-corrected chi connectivity index (χ2v) is 5.07. The number of carbonyl (C=O) groups excluding carboxylic acids is 1. The summed E-state index contributed by atoms with van der Waals surface area (Å²) in [7, 11) is 0. The van der Waals surface area contributed by atoms with Crippen LogP contribution in [-0.2, 0) is 19.0 Å². The second kappa shape index (κ2) is 11.2. The van der Waals surface area contributed by atoms with Gasteiger partial charge in [0.25, 0.3) is 0 Å². The fourth-order valence-electron chi connectivity index (χ4n) is 1.11. The molecule has 0 saturated heterocycles. The van der Waals surface area contributed by atoms with E-state index in [4.69, 9.17) is 19.3 Å². The van der Waals surface area contributed by atoms with Gasteiger partial charge in [0, 0.05) is 12.0 Å². The molecule has 0 unspecified atom stereocenters. The van der Waals surface area contributed by atoms with Gasteiger partial charge in [-0.25, -0.2) is 0 Å². The summed E-state index contributed by atoms with van der Waals surface area (Å²) in [5, 5.41) is 11.3. The molecule has 0 aliphatic heterocycles. The van der Waals surface area contributed by atoms with Crippen LogP contribution in [0.2, 0.25) is 0 Å². The third kappa shape index (κ3) is 12.1. The van der Waals surface area contributed by atoms with Gasteiger partial charge in [-0.1, -0.05) is 20.8 Å². The molecule has 0 aromatic carbocycles. The average molecular weight is 277 g/mol. The molecule has 0 bridgehead atoms. The zero-order valence-corrected chi connectivity index (χ0v) is 12.2. The molecule has 0 aliphatic carbocycles. The Morgan fingerprint density at radius 3 is 1.89 bits per heavy atom. The van der Waals surface area contributed by atoms with Crippen molar-refractivity contribution in [3.8, 4) is 0 Å². The van der Waals surface area contributed by atoms with Gasteiger partial charge in [-0.2, -0.15) is 0 Å². The van der Waals surface area contributed by atoms with Crippen LogP contribution < -0.4 is 5.32 Å². The number of rotatable bonds is 11. The van der Waals surface area contributed by atoms with Gasteiger partial charge in [-0.05, 0) is 0 Å². The molecule has 0 rings (SSSR count). The van der Waals surface area contributed by atoms with Crippen LogP contribution in [0.5, 0.6) is 0 Å². The zero-order chi connectivity index (χ0) is 14.6. The SMILES string of the molecule is CC(C)(C)C(=O)NCCOCCOCCOCCO. The first-order chi connectivity index (χ1) is 8.98. The third-order valence-electron chi connectivity index (χ3n) is 2.19. The van der Waals surface area contributed by atoms with E-state index in [-0.39, 0.29) is 17.9 Å². The largest absolute Gasteiger partial charge is 0.394 e. The predicted molar refractivity (Wildman–Crippen MR) is 72.0 cm³/mol. The minimum atomic E-state index is -0.363. The van der Waals surface area contributed by atoms with Gasteiger partial charge >= 0.3 is 0 Å². The van der Waals surface area contributed by atoms with Gasteiger partial charge < -0.3 is 24.6 Å². The summed E-state index contributed by atoms with van der Waals surface area (Å²) in [6.07, 6.45) is 0. The van der Waals surface area contributed by atoms with Crippen LogP contribution in [0.4, 0.5) is 0 Å². The van der Waals surface area contributed by atoms with Gasteiger partial charge in [0.2, 0.25) is 5.91 Å². The van der Waals surface area contributed by atoms with Crippen LogP contribution in [0.3, 0.4) is 0 Å². The van der Waals surface area contributed by atoms with E-state index < -0.39 is 0 Å². The highest BCUT2D eigenvalue weighted by atomic mass is 16.5. The smallest absolute Gasteiger partial charge is 0.225 e. The van der Waals surface area contributed by atoms with E-state index in [0.29, 0.717) is 46.2 Å². The Labute approximate surface area is 115 Å². The maximum absolute atomic E-state index is 11.5. The van der Waals surface area contributed by atoms with Crippen LogP contribution in [0.1, 0.15) is 20.8 Å². The Morgan fingerprint density at radius 2 is 1.42 bits per heavy atom. The lowest BCUT2D eigenvalue weighted by Gasteiger charge is -2.17. The van der Waals surface area contributed by atoms with E-state index in [1.165, 1.54) is 0 Å². The van der Waals surface area contributed by atoms with Gasteiger partial charge in [0.15, 0.2) is 0 Å².